The second-order valence-corrected chi connectivity index (χ2v) is 6.35. The van der Waals surface area contributed by atoms with Crippen LogP contribution in [0.5, 0.6) is 5.75 Å². The molecule has 0 aliphatic carbocycles. The molecule has 4 rings (SSSR count). The Labute approximate surface area is 156 Å². The van der Waals surface area contributed by atoms with Crippen LogP contribution in [0.25, 0.3) is 11.3 Å². The third kappa shape index (κ3) is 2.62. The number of carbonyl (C=O) groups excluding carboxylic acids is 1. The van der Waals surface area contributed by atoms with E-state index in [1.165, 1.54) is 0 Å². The predicted octanol–water partition coefficient (Wildman–Crippen LogP) is 3.52. The van der Waals surface area contributed by atoms with E-state index >= 15 is 0 Å². The molecule has 1 aliphatic heterocycles. The van der Waals surface area contributed by atoms with Crippen molar-refractivity contribution in [2.45, 2.75) is 13.8 Å². The van der Waals surface area contributed by atoms with E-state index in [2.05, 4.69) is 5.10 Å². The first-order chi connectivity index (χ1) is 13.0. The highest BCUT2D eigenvalue weighted by Gasteiger charge is 2.31. The number of aromatic nitrogens is 2. The van der Waals surface area contributed by atoms with E-state index in [1.807, 2.05) is 43.3 Å². The maximum atomic E-state index is 12.6. The number of nitrogens with zero attached hydrogens (tertiary/aromatic N) is 2. The van der Waals surface area contributed by atoms with Crippen LogP contribution in [-0.4, -0.2) is 21.5 Å². The molecular weight excluding hydrogens is 340 g/mol. The molecule has 1 aliphatic rings. The molecule has 6 nitrogen and oxygen atoms in total. The Balaban J connectivity index is 1.88. The van der Waals surface area contributed by atoms with Crippen LogP contribution in [0.15, 0.2) is 60.2 Å². The van der Waals surface area contributed by atoms with E-state index in [1.54, 1.807) is 29.8 Å². The van der Waals surface area contributed by atoms with Gasteiger partial charge < -0.3 is 10.5 Å². The van der Waals surface area contributed by atoms with Crippen molar-refractivity contribution in [2.75, 3.05) is 5.73 Å². The molecule has 134 valence electrons. The van der Waals surface area contributed by atoms with Gasteiger partial charge in [0, 0.05) is 11.1 Å². The number of nitrogens with one attached hydrogen (secondary N) is 1. The number of benzene rings is 2. The normalized spacial score (nSPS) is 15.3. The van der Waals surface area contributed by atoms with Gasteiger partial charge in [0.25, 0.3) is 0 Å². The van der Waals surface area contributed by atoms with Gasteiger partial charge in [0.1, 0.15) is 11.6 Å². The van der Waals surface area contributed by atoms with Gasteiger partial charge in [-0.25, -0.2) is 9.48 Å². The summed E-state index contributed by atoms with van der Waals surface area (Å²) in [5.41, 5.74) is 10.0. The van der Waals surface area contributed by atoms with Gasteiger partial charge in [0.05, 0.1) is 22.7 Å². The van der Waals surface area contributed by atoms with Gasteiger partial charge in [-0.1, -0.05) is 30.3 Å². The van der Waals surface area contributed by atoms with Crippen LogP contribution in [0.3, 0.4) is 0 Å². The molecule has 3 aromatic rings. The second kappa shape index (κ2) is 6.25. The zero-order valence-corrected chi connectivity index (χ0v) is 15.0. The summed E-state index contributed by atoms with van der Waals surface area (Å²) in [5.74, 6) is 0.263. The molecule has 6 heteroatoms. The largest absolute Gasteiger partial charge is 0.422 e. The first-order valence-corrected chi connectivity index (χ1v) is 8.51. The van der Waals surface area contributed by atoms with Gasteiger partial charge in [-0.15, -0.1) is 0 Å². The minimum absolute atomic E-state index is 0.130. The number of carbonyl (C=O) groups is 1. The SMILES string of the molecule is C/C(=C1\C(=N)c2ccccc2OC1=O)c1c(C)nn(-c2ccccc2)c1N. The minimum atomic E-state index is -0.553. The lowest BCUT2D eigenvalue weighted by atomic mass is 9.92. The molecule has 0 saturated carbocycles. The summed E-state index contributed by atoms with van der Waals surface area (Å²) in [5, 5.41) is 13.0. The van der Waals surface area contributed by atoms with Crippen LogP contribution in [0.4, 0.5) is 5.82 Å². The van der Waals surface area contributed by atoms with Gasteiger partial charge in [-0.2, -0.15) is 5.10 Å². The molecule has 0 amide bonds. The molecule has 27 heavy (non-hydrogen) atoms. The number of esters is 1. The average Bonchev–Trinajstić information content (AvgIpc) is 2.96. The van der Waals surface area contributed by atoms with Crippen LogP contribution in [0.2, 0.25) is 0 Å². The number of anilines is 1. The maximum Gasteiger partial charge on any atom is 0.346 e. The zero-order valence-electron chi connectivity index (χ0n) is 15.0. The van der Waals surface area contributed by atoms with Crippen molar-refractivity contribution in [3.05, 3.63) is 77.0 Å². The third-order valence-electron chi connectivity index (χ3n) is 4.66. The van der Waals surface area contributed by atoms with Crippen LogP contribution in [-0.2, 0) is 4.79 Å². The fraction of sp³-hybridized carbons (Fsp3) is 0.0952. The Bertz CT molecular complexity index is 1110. The number of nitrogen functional groups attached to an aromatic ring is 1. The molecule has 1 aromatic heterocycles. The van der Waals surface area contributed by atoms with Gasteiger partial charge in [0.2, 0.25) is 0 Å². The van der Waals surface area contributed by atoms with Gasteiger partial charge >= 0.3 is 5.97 Å². The van der Waals surface area contributed by atoms with Crippen molar-refractivity contribution in [3.63, 3.8) is 0 Å². The Morgan fingerprint density at radius 1 is 1.11 bits per heavy atom. The summed E-state index contributed by atoms with van der Waals surface area (Å²) in [4.78, 5) is 12.6. The van der Waals surface area contributed by atoms with E-state index in [0.717, 1.165) is 5.69 Å². The molecule has 2 heterocycles. The monoisotopic (exact) mass is 358 g/mol. The number of para-hydroxylation sites is 2. The number of rotatable bonds is 2. The summed E-state index contributed by atoms with van der Waals surface area (Å²) in [6.07, 6.45) is 0. The second-order valence-electron chi connectivity index (χ2n) is 6.35. The highest BCUT2D eigenvalue weighted by molar-refractivity contribution is 6.32. The van der Waals surface area contributed by atoms with Crippen molar-refractivity contribution in [2.24, 2.45) is 0 Å². The van der Waals surface area contributed by atoms with E-state index in [-0.39, 0.29) is 11.3 Å². The highest BCUT2D eigenvalue weighted by atomic mass is 16.5. The van der Waals surface area contributed by atoms with Crippen molar-refractivity contribution in [1.82, 2.24) is 9.78 Å². The predicted molar refractivity (Wildman–Crippen MR) is 104 cm³/mol. The van der Waals surface area contributed by atoms with Crippen LogP contribution >= 0.6 is 0 Å². The molecule has 0 atom stereocenters. The smallest absolute Gasteiger partial charge is 0.346 e. The summed E-state index contributed by atoms with van der Waals surface area (Å²) < 4.78 is 7.06. The Hall–Kier alpha value is -3.67. The Morgan fingerprint density at radius 3 is 2.52 bits per heavy atom. The zero-order chi connectivity index (χ0) is 19.1. The van der Waals surface area contributed by atoms with E-state index in [9.17, 15) is 4.79 Å². The van der Waals surface area contributed by atoms with Crippen molar-refractivity contribution in [3.8, 4) is 11.4 Å². The summed E-state index contributed by atoms with van der Waals surface area (Å²) in [6, 6.07) is 16.6. The number of ether oxygens (including phenoxy) is 1. The first-order valence-electron chi connectivity index (χ1n) is 8.51. The summed E-state index contributed by atoms with van der Waals surface area (Å²) in [6.45, 7) is 3.61. The lowest BCUT2D eigenvalue weighted by Gasteiger charge is -2.20. The van der Waals surface area contributed by atoms with Gasteiger partial charge in [-0.3, -0.25) is 5.41 Å². The molecule has 0 fully saturated rings. The fourth-order valence-corrected chi connectivity index (χ4v) is 3.39. The van der Waals surface area contributed by atoms with E-state index in [4.69, 9.17) is 15.9 Å². The van der Waals surface area contributed by atoms with Crippen LogP contribution in [0.1, 0.15) is 23.7 Å². The Morgan fingerprint density at radius 2 is 1.78 bits per heavy atom. The fourth-order valence-electron chi connectivity index (χ4n) is 3.39. The number of hydrogen-bond acceptors (Lipinski definition) is 5. The summed E-state index contributed by atoms with van der Waals surface area (Å²) in [7, 11) is 0. The summed E-state index contributed by atoms with van der Waals surface area (Å²) >= 11 is 0. The average molecular weight is 358 g/mol. The molecule has 0 spiro atoms. The van der Waals surface area contributed by atoms with Crippen LogP contribution in [0, 0.1) is 12.3 Å². The molecule has 2 aromatic carbocycles. The minimum Gasteiger partial charge on any atom is -0.422 e. The lowest BCUT2D eigenvalue weighted by molar-refractivity contribution is -0.129. The van der Waals surface area contributed by atoms with E-state index < -0.39 is 5.97 Å². The highest BCUT2D eigenvalue weighted by Crippen LogP contribution is 2.35. The molecular formula is C21H18N4O2. The lowest BCUT2D eigenvalue weighted by Crippen LogP contribution is -2.26. The number of nitrogens with two attached hydrogens (primary N) is 1. The Kier molecular flexibility index (Phi) is 3.88. The molecule has 0 unspecified atom stereocenters. The van der Waals surface area contributed by atoms with Gasteiger partial charge in [-0.05, 0) is 43.7 Å². The number of fused-ring (bicyclic) bond motifs is 1. The standard InChI is InChI=1S/C21H18N4O2/c1-12(18-19(22)15-10-6-7-11-16(15)27-21(18)26)17-13(2)24-25(20(17)23)14-8-4-3-5-9-14/h3-11,22H,23H2,1-2H3/b18-12-,22-19?. The number of hydrogen-bond donors (Lipinski definition) is 2. The van der Waals surface area contributed by atoms with Crippen molar-refractivity contribution in [1.29, 1.82) is 5.41 Å². The van der Waals surface area contributed by atoms with Crippen LogP contribution < -0.4 is 10.5 Å². The quantitative estimate of drug-likeness (QED) is 0.416. The molecule has 0 radical (unpaired) electrons. The number of allylic oxidation sites excluding steroid dienone is 1. The topological polar surface area (TPSA) is 94.0 Å². The molecule has 0 bridgehead atoms. The molecule has 0 saturated heterocycles. The molecule has 3 N–H and O–H groups in total. The van der Waals surface area contributed by atoms with Crippen molar-refractivity contribution < 1.29 is 9.53 Å². The van der Waals surface area contributed by atoms with E-state index in [0.29, 0.717) is 34.0 Å². The number of aryl methyl sites for hydroxylation is 1. The maximum absolute atomic E-state index is 12.6. The first kappa shape index (κ1) is 16.8. The third-order valence-corrected chi connectivity index (χ3v) is 4.66. The van der Waals surface area contributed by atoms with Crippen molar-refractivity contribution >= 4 is 23.1 Å². The van der Waals surface area contributed by atoms with Gasteiger partial charge in [0.15, 0.2) is 0 Å².